The molecule has 168 valence electrons. The van der Waals surface area contributed by atoms with Crippen molar-refractivity contribution in [2.24, 2.45) is 23.2 Å². The number of ether oxygens (including phenoxy) is 1. The van der Waals surface area contributed by atoms with Gasteiger partial charge in [0.25, 0.3) is 5.91 Å². The van der Waals surface area contributed by atoms with Crippen molar-refractivity contribution >= 4 is 23.5 Å². The Labute approximate surface area is 193 Å². The summed E-state index contributed by atoms with van der Waals surface area (Å²) in [6.07, 6.45) is 7.93. The molecule has 1 amide bonds. The van der Waals surface area contributed by atoms with E-state index in [2.05, 4.69) is 5.32 Å². The SMILES string of the molecule is O=C(O)COc1ccc(-c2ccc(Cl)c(C(=O)NCC34CC5CC(CC(C5)C3)C4)c2)cc1. The Morgan fingerprint density at radius 2 is 1.56 bits per heavy atom. The Kier molecular flexibility index (Phi) is 5.62. The van der Waals surface area contributed by atoms with Gasteiger partial charge in [0, 0.05) is 6.54 Å². The topological polar surface area (TPSA) is 75.6 Å². The van der Waals surface area contributed by atoms with E-state index in [0.717, 1.165) is 35.4 Å². The summed E-state index contributed by atoms with van der Waals surface area (Å²) in [5, 5.41) is 12.4. The maximum atomic E-state index is 13.1. The number of halogens is 1. The fourth-order valence-corrected chi connectivity index (χ4v) is 6.84. The van der Waals surface area contributed by atoms with Crippen molar-refractivity contribution in [2.45, 2.75) is 38.5 Å². The standard InChI is InChI=1S/C26H28ClNO4/c27-23-6-3-20(19-1-4-21(5-2-19)32-14-24(29)30)10-22(23)25(31)28-15-26-11-16-7-17(12-26)9-18(8-16)13-26/h1-6,10,16-18H,7-9,11-15H2,(H,28,31)(H,29,30). The number of benzene rings is 2. The first-order valence-electron chi connectivity index (χ1n) is 11.4. The lowest BCUT2D eigenvalue weighted by Gasteiger charge is -2.56. The summed E-state index contributed by atoms with van der Waals surface area (Å²) in [6, 6.07) is 12.6. The number of carbonyl (C=O) groups is 2. The van der Waals surface area contributed by atoms with E-state index in [9.17, 15) is 9.59 Å². The van der Waals surface area contributed by atoms with Crippen molar-refractivity contribution in [3.8, 4) is 16.9 Å². The average Bonchev–Trinajstić information content (AvgIpc) is 2.76. The van der Waals surface area contributed by atoms with E-state index in [1.54, 1.807) is 18.2 Å². The number of rotatable bonds is 7. The molecule has 6 rings (SSSR count). The molecular formula is C26H28ClNO4. The predicted molar refractivity (Wildman–Crippen MR) is 123 cm³/mol. The van der Waals surface area contributed by atoms with Gasteiger partial charge in [-0.25, -0.2) is 4.79 Å². The molecule has 4 bridgehead atoms. The molecule has 6 heteroatoms. The van der Waals surface area contributed by atoms with Gasteiger partial charge in [0.05, 0.1) is 10.6 Å². The zero-order chi connectivity index (χ0) is 22.3. The summed E-state index contributed by atoms with van der Waals surface area (Å²) >= 11 is 6.39. The van der Waals surface area contributed by atoms with Crippen molar-refractivity contribution in [2.75, 3.05) is 13.2 Å². The first-order chi connectivity index (χ1) is 15.4. The smallest absolute Gasteiger partial charge is 0.341 e. The Hall–Kier alpha value is -2.53. The van der Waals surface area contributed by atoms with Gasteiger partial charge in [0.1, 0.15) is 5.75 Å². The second-order valence-electron chi connectivity index (χ2n) is 10.0. The van der Waals surface area contributed by atoms with Gasteiger partial charge < -0.3 is 15.2 Å². The third-order valence-electron chi connectivity index (χ3n) is 7.55. The van der Waals surface area contributed by atoms with Crippen LogP contribution in [0.5, 0.6) is 5.75 Å². The van der Waals surface area contributed by atoms with E-state index in [1.165, 1.54) is 38.5 Å². The van der Waals surface area contributed by atoms with Gasteiger partial charge in [-0.1, -0.05) is 29.8 Å². The fraction of sp³-hybridized carbons (Fsp3) is 0.462. The normalized spacial score (nSPS) is 27.8. The number of carboxylic acids is 1. The first kappa shape index (κ1) is 21.3. The van der Waals surface area contributed by atoms with Crippen LogP contribution >= 0.6 is 11.6 Å². The largest absolute Gasteiger partial charge is 0.482 e. The Morgan fingerprint density at radius 3 is 2.16 bits per heavy atom. The molecule has 0 unspecified atom stereocenters. The van der Waals surface area contributed by atoms with E-state index in [-0.39, 0.29) is 17.9 Å². The maximum absolute atomic E-state index is 13.1. The minimum atomic E-state index is -1.02. The number of hydrogen-bond donors (Lipinski definition) is 2. The van der Waals surface area contributed by atoms with Crippen LogP contribution in [0.4, 0.5) is 0 Å². The van der Waals surface area contributed by atoms with Crippen LogP contribution in [0.15, 0.2) is 42.5 Å². The number of carbonyl (C=O) groups excluding carboxylic acids is 1. The van der Waals surface area contributed by atoms with Crippen LogP contribution in [0.1, 0.15) is 48.9 Å². The van der Waals surface area contributed by atoms with Crippen LogP contribution in [0.25, 0.3) is 11.1 Å². The highest BCUT2D eigenvalue weighted by Crippen LogP contribution is 2.59. The third-order valence-corrected chi connectivity index (χ3v) is 7.88. The van der Waals surface area contributed by atoms with E-state index >= 15 is 0 Å². The summed E-state index contributed by atoms with van der Waals surface area (Å²) in [6.45, 7) is 0.361. The lowest BCUT2D eigenvalue weighted by atomic mass is 9.49. The molecule has 0 spiro atoms. The summed E-state index contributed by atoms with van der Waals surface area (Å²) in [5.41, 5.74) is 2.54. The highest BCUT2D eigenvalue weighted by molar-refractivity contribution is 6.34. The average molecular weight is 454 g/mol. The predicted octanol–water partition coefficient (Wildman–Crippen LogP) is 5.42. The molecule has 0 aliphatic heterocycles. The number of hydrogen-bond acceptors (Lipinski definition) is 3. The number of amides is 1. The van der Waals surface area contributed by atoms with Crippen LogP contribution in [0.3, 0.4) is 0 Å². The minimum Gasteiger partial charge on any atom is -0.482 e. The Bertz CT molecular complexity index is 997. The molecule has 5 nitrogen and oxygen atoms in total. The Balaban J connectivity index is 1.27. The molecule has 0 heterocycles. The van der Waals surface area contributed by atoms with Gasteiger partial charge in [-0.15, -0.1) is 0 Å². The highest BCUT2D eigenvalue weighted by atomic mass is 35.5. The summed E-state index contributed by atoms with van der Waals surface area (Å²) in [4.78, 5) is 23.7. The number of aliphatic carboxylic acids is 1. The van der Waals surface area contributed by atoms with Crippen LogP contribution in [0.2, 0.25) is 5.02 Å². The zero-order valence-corrected chi connectivity index (χ0v) is 18.7. The fourth-order valence-electron chi connectivity index (χ4n) is 6.64. The molecule has 0 radical (unpaired) electrons. The first-order valence-corrected chi connectivity index (χ1v) is 11.8. The monoisotopic (exact) mass is 453 g/mol. The van der Waals surface area contributed by atoms with Crippen molar-refractivity contribution < 1.29 is 19.4 Å². The molecule has 2 aromatic carbocycles. The summed E-state index contributed by atoms with van der Waals surface area (Å²) in [7, 11) is 0. The van der Waals surface area contributed by atoms with Gasteiger partial charge in [0.2, 0.25) is 0 Å². The molecule has 4 aliphatic rings. The van der Waals surface area contributed by atoms with Crippen molar-refractivity contribution in [3.05, 3.63) is 53.1 Å². The Morgan fingerprint density at radius 1 is 0.969 bits per heavy atom. The minimum absolute atomic E-state index is 0.117. The van der Waals surface area contributed by atoms with Crippen LogP contribution in [-0.4, -0.2) is 30.1 Å². The molecule has 0 aromatic heterocycles. The molecule has 2 aromatic rings. The van der Waals surface area contributed by atoms with E-state index < -0.39 is 5.97 Å². The molecule has 0 saturated heterocycles. The van der Waals surface area contributed by atoms with Crippen molar-refractivity contribution in [1.82, 2.24) is 5.32 Å². The van der Waals surface area contributed by atoms with Crippen molar-refractivity contribution in [3.63, 3.8) is 0 Å². The van der Waals surface area contributed by atoms with Gasteiger partial charge >= 0.3 is 5.97 Å². The molecule has 32 heavy (non-hydrogen) atoms. The summed E-state index contributed by atoms with van der Waals surface area (Å²) < 4.78 is 5.19. The van der Waals surface area contributed by atoms with Crippen molar-refractivity contribution in [1.29, 1.82) is 0 Å². The maximum Gasteiger partial charge on any atom is 0.341 e. The van der Waals surface area contributed by atoms with Gasteiger partial charge in [-0.3, -0.25) is 4.79 Å². The quantitative estimate of drug-likeness (QED) is 0.587. The lowest BCUT2D eigenvalue weighted by molar-refractivity contribution is -0.139. The molecule has 2 N–H and O–H groups in total. The van der Waals surface area contributed by atoms with Crippen LogP contribution in [-0.2, 0) is 4.79 Å². The molecule has 4 saturated carbocycles. The van der Waals surface area contributed by atoms with Crippen LogP contribution < -0.4 is 10.1 Å². The second-order valence-corrected chi connectivity index (χ2v) is 10.4. The molecule has 4 aliphatic carbocycles. The zero-order valence-electron chi connectivity index (χ0n) is 18.0. The summed E-state index contributed by atoms with van der Waals surface area (Å²) in [5.74, 6) is 1.91. The second kappa shape index (κ2) is 8.43. The van der Waals surface area contributed by atoms with Crippen LogP contribution in [0, 0.1) is 23.2 Å². The molecule has 4 fully saturated rings. The molecular weight excluding hydrogens is 426 g/mol. The molecule has 0 atom stereocenters. The van der Waals surface area contributed by atoms with E-state index in [1.807, 2.05) is 24.3 Å². The van der Waals surface area contributed by atoms with E-state index in [4.69, 9.17) is 21.4 Å². The third kappa shape index (κ3) is 4.36. The lowest BCUT2D eigenvalue weighted by Crippen LogP contribution is -2.51. The van der Waals surface area contributed by atoms with E-state index in [0.29, 0.717) is 16.3 Å². The number of nitrogens with one attached hydrogen (secondary N) is 1. The van der Waals surface area contributed by atoms with Gasteiger partial charge in [-0.2, -0.15) is 0 Å². The van der Waals surface area contributed by atoms with Gasteiger partial charge in [-0.05, 0) is 97.1 Å². The van der Waals surface area contributed by atoms with Gasteiger partial charge in [0.15, 0.2) is 6.61 Å². The number of carboxylic acid groups (broad SMARTS) is 1. The highest BCUT2D eigenvalue weighted by Gasteiger charge is 2.50.